The van der Waals surface area contributed by atoms with Gasteiger partial charge in [0, 0.05) is 31.1 Å². The summed E-state index contributed by atoms with van der Waals surface area (Å²) in [5.41, 5.74) is 9.88. The zero-order valence-electron chi connectivity index (χ0n) is 15.2. The molecule has 4 rings (SSSR count). The van der Waals surface area contributed by atoms with E-state index in [-0.39, 0.29) is 5.88 Å². The van der Waals surface area contributed by atoms with Crippen LogP contribution in [0, 0.1) is 6.92 Å². The third-order valence-corrected chi connectivity index (χ3v) is 5.09. The number of aromatic hydroxyl groups is 1. The molecule has 0 spiro atoms. The smallest absolute Gasteiger partial charge is 0.217 e. The average Bonchev–Trinajstić information content (AvgIpc) is 3.00. The van der Waals surface area contributed by atoms with E-state index in [9.17, 15) is 9.50 Å². The number of hydrogen-bond donors (Lipinski definition) is 2. The fraction of sp³-hybridized carbons (Fsp3) is 0.368. The average molecular weight is 371 g/mol. The van der Waals surface area contributed by atoms with Gasteiger partial charge in [-0.25, -0.2) is 9.37 Å². The Kier molecular flexibility index (Phi) is 4.57. The number of nitrogens with two attached hydrogens (primary N) is 1. The number of ether oxygens (including phenoxy) is 1. The van der Waals surface area contributed by atoms with Crippen molar-refractivity contribution in [1.82, 2.24) is 14.6 Å². The topological polar surface area (TPSA) is 88.9 Å². The summed E-state index contributed by atoms with van der Waals surface area (Å²) < 4.78 is 19.9. The summed E-state index contributed by atoms with van der Waals surface area (Å²) in [5.74, 6) is 0.953. The van der Waals surface area contributed by atoms with Crippen molar-refractivity contribution in [1.29, 1.82) is 0 Å². The van der Waals surface area contributed by atoms with Crippen molar-refractivity contribution in [3.05, 3.63) is 46.5 Å². The molecule has 2 aromatic heterocycles. The van der Waals surface area contributed by atoms with Gasteiger partial charge in [0.15, 0.2) is 11.5 Å². The molecule has 8 heteroatoms. The molecule has 1 aromatic carbocycles. The van der Waals surface area contributed by atoms with E-state index in [2.05, 4.69) is 10.00 Å². The van der Waals surface area contributed by atoms with Crippen molar-refractivity contribution in [3.63, 3.8) is 0 Å². The van der Waals surface area contributed by atoms with Gasteiger partial charge in [-0.3, -0.25) is 0 Å². The summed E-state index contributed by atoms with van der Waals surface area (Å²) in [5, 5.41) is 14.7. The summed E-state index contributed by atoms with van der Waals surface area (Å²) in [6.07, 6.45) is 0.466. The number of rotatable bonds is 4. The monoisotopic (exact) mass is 371 g/mol. The van der Waals surface area contributed by atoms with Gasteiger partial charge >= 0.3 is 0 Å². The highest BCUT2D eigenvalue weighted by molar-refractivity contribution is 5.65. The number of nitrogen functional groups attached to an aromatic ring is 1. The number of nitrogens with zero attached hydrogens (tertiary/aromatic N) is 4. The van der Waals surface area contributed by atoms with E-state index < -0.39 is 6.67 Å². The Balaban J connectivity index is 1.78. The minimum atomic E-state index is -0.510. The lowest BCUT2D eigenvalue weighted by Crippen LogP contribution is -2.36. The zero-order chi connectivity index (χ0) is 19.0. The molecule has 0 bridgehead atoms. The standard InChI is InChI=1S/C19H22FN5O2/c1-12-13(3-2-4-14(12)11-20)9-15-18(21)23-25-17(26)10-16(22-19(15)25)24-5-7-27-8-6-24/h2-4,10,26H,5-9,11H2,1H3,(H2,21,23). The van der Waals surface area contributed by atoms with Gasteiger partial charge in [0.2, 0.25) is 5.88 Å². The van der Waals surface area contributed by atoms with Gasteiger partial charge in [-0.1, -0.05) is 18.2 Å². The minimum absolute atomic E-state index is 0.0197. The van der Waals surface area contributed by atoms with Gasteiger partial charge in [0.1, 0.15) is 12.5 Å². The van der Waals surface area contributed by atoms with Gasteiger partial charge in [-0.15, -0.1) is 5.10 Å². The molecule has 0 radical (unpaired) electrons. The number of benzene rings is 1. The fourth-order valence-electron chi connectivity index (χ4n) is 3.44. The van der Waals surface area contributed by atoms with Gasteiger partial charge in [-0.2, -0.15) is 4.52 Å². The lowest BCUT2D eigenvalue weighted by atomic mass is 9.98. The van der Waals surface area contributed by atoms with Crippen LogP contribution < -0.4 is 10.6 Å². The molecular weight excluding hydrogens is 349 g/mol. The van der Waals surface area contributed by atoms with E-state index in [0.29, 0.717) is 55.6 Å². The van der Waals surface area contributed by atoms with Crippen LogP contribution in [0.3, 0.4) is 0 Å². The Bertz CT molecular complexity index is 982. The highest BCUT2D eigenvalue weighted by Gasteiger charge is 2.20. The molecule has 142 valence electrons. The van der Waals surface area contributed by atoms with Crippen LogP contribution in [0.25, 0.3) is 5.65 Å². The van der Waals surface area contributed by atoms with Crippen LogP contribution in [0.15, 0.2) is 24.3 Å². The van der Waals surface area contributed by atoms with Crippen LogP contribution in [-0.2, 0) is 17.8 Å². The predicted molar refractivity (Wildman–Crippen MR) is 101 cm³/mol. The van der Waals surface area contributed by atoms with E-state index in [1.807, 2.05) is 19.1 Å². The molecule has 1 fully saturated rings. The fourth-order valence-corrected chi connectivity index (χ4v) is 3.44. The second-order valence-electron chi connectivity index (χ2n) is 6.68. The van der Waals surface area contributed by atoms with E-state index in [4.69, 9.17) is 15.5 Å². The molecule has 0 saturated carbocycles. The molecule has 3 N–H and O–H groups in total. The van der Waals surface area contributed by atoms with Crippen LogP contribution >= 0.6 is 0 Å². The molecule has 3 aromatic rings. The van der Waals surface area contributed by atoms with Crippen molar-refractivity contribution in [2.24, 2.45) is 0 Å². The number of alkyl halides is 1. The Hall–Kier alpha value is -2.87. The van der Waals surface area contributed by atoms with Crippen LogP contribution in [-0.4, -0.2) is 46.0 Å². The summed E-state index contributed by atoms with van der Waals surface area (Å²) in [6, 6.07) is 7.15. The molecule has 0 unspecified atom stereocenters. The third-order valence-electron chi connectivity index (χ3n) is 5.09. The van der Waals surface area contributed by atoms with Crippen molar-refractivity contribution in [3.8, 4) is 5.88 Å². The number of aromatic nitrogens is 3. The Morgan fingerprint density at radius 1 is 1.26 bits per heavy atom. The first-order valence-corrected chi connectivity index (χ1v) is 8.91. The van der Waals surface area contributed by atoms with Crippen molar-refractivity contribution >= 4 is 17.3 Å². The summed E-state index contributed by atoms with van der Waals surface area (Å²) >= 11 is 0. The number of hydrogen-bond acceptors (Lipinski definition) is 6. The van der Waals surface area contributed by atoms with Crippen LogP contribution in [0.2, 0.25) is 0 Å². The van der Waals surface area contributed by atoms with Crippen LogP contribution in [0.5, 0.6) is 5.88 Å². The normalized spacial score (nSPS) is 14.8. The third kappa shape index (κ3) is 3.16. The molecule has 0 aliphatic carbocycles. The van der Waals surface area contributed by atoms with Crippen molar-refractivity contribution < 1.29 is 14.2 Å². The highest BCUT2D eigenvalue weighted by atomic mass is 19.1. The maximum atomic E-state index is 13.2. The Morgan fingerprint density at radius 3 is 2.74 bits per heavy atom. The molecule has 1 saturated heterocycles. The van der Waals surface area contributed by atoms with E-state index in [1.165, 1.54) is 4.52 Å². The quantitative estimate of drug-likeness (QED) is 0.731. The van der Waals surface area contributed by atoms with E-state index >= 15 is 0 Å². The second kappa shape index (κ2) is 7.03. The Labute approximate surface area is 156 Å². The van der Waals surface area contributed by atoms with Crippen molar-refractivity contribution in [2.45, 2.75) is 20.0 Å². The number of fused-ring (bicyclic) bond motifs is 1. The molecule has 1 aliphatic heterocycles. The number of halogens is 1. The maximum Gasteiger partial charge on any atom is 0.217 e. The molecule has 0 amide bonds. The predicted octanol–water partition coefficient (Wildman–Crippen LogP) is 2.22. The highest BCUT2D eigenvalue weighted by Crippen LogP contribution is 2.28. The summed E-state index contributed by atoms with van der Waals surface area (Å²) in [6.45, 7) is 4.05. The molecule has 1 aliphatic rings. The lowest BCUT2D eigenvalue weighted by Gasteiger charge is -2.27. The number of anilines is 2. The van der Waals surface area contributed by atoms with Gasteiger partial charge in [0.05, 0.1) is 13.2 Å². The maximum absolute atomic E-state index is 13.2. The van der Waals surface area contributed by atoms with E-state index in [0.717, 1.165) is 16.7 Å². The van der Waals surface area contributed by atoms with Crippen LogP contribution in [0.4, 0.5) is 16.0 Å². The SMILES string of the molecule is Cc1c(CF)cccc1Cc1c(N)nn2c(O)cc(N3CCOCC3)nc12. The first-order chi connectivity index (χ1) is 13.1. The van der Waals surface area contributed by atoms with Crippen molar-refractivity contribution in [2.75, 3.05) is 36.9 Å². The molecular formula is C19H22FN5O2. The summed E-state index contributed by atoms with van der Waals surface area (Å²) in [7, 11) is 0. The molecule has 7 nitrogen and oxygen atoms in total. The lowest BCUT2D eigenvalue weighted by molar-refractivity contribution is 0.122. The largest absolute Gasteiger partial charge is 0.493 e. The first kappa shape index (κ1) is 17.5. The van der Waals surface area contributed by atoms with Gasteiger partial charge in [-0.05, 0) is 23.6 Å². The molecule has 0 atom stereocenters. The summed E-state index contributed by atoms with van der Waals surface area (Å²) in [4.78, 5) is 6.77. The molecule has 27 heavy (non-hydrogen) atoms. The first-order valence-electron chi connectivity index (χ1n) is 8.91. The van der Waals surface area contributed by atoms with Crippen LogP contribution in [0.1, 0.15) is 22.3 Å². The zero-order valence-corrected chi connectivity index (χ0v) is 15.2. The molecule has 3 heterocycles. The van der Waals surface area contributed by atoms with E-state index in [1.54, 1.807) is 12.1 Å². The second-order valence-corrected chi connectivity index (χ2v) is 6.68. The van der Waals surface area contributed by atoms with Gasteiger partial charge in [0.25, 0.3) is 0 Å². The van der Waals surface area contributed by atoms with Gasteiger partial charge < -0.3 is 20.5 Å². The minimum Gasteiger partial charge on any atom is -0.493 e. The Morgan fingerprint density at radius 2 is 2.00 bits per heavy atom. The number of morpholine rings is 1.